The molecular weight excluding hydrogens is 556 g/mol. The van der Waals surface area contributed by atoms with Crippen molar-refractivity contribution >= 4 is 34.5 Å². The van der Waals surface area contributed by atoms with Crippen LogP contribution in [0.4, 0.5) is 11.6 Å². The third kappa shape index (κ3) is 6.07. The molecule has 44 heavy (non-hydrogen) atoms. The number of nitrogens with one attached hydrogen (secondary N) is 1. The van der Waals surface area contributed by atoms with Crippen molar-refractivity contribution in [1.82, 2.24) is 24.3 Å². The van der Waals surface area contributed by atoms with Crippen LogP contribution in [0.2, 0.25) is 0 Å². The van der Waals surface area contributed by atoms with Crippen LogP contribution in [0.5, 0.6) is 0 Å². The highest BCUT2D eigenvalue weighted by Crippen LogP contribution is 2.30. The molecule has 1 saturated heterocycles. The Bertz CT molecular complexity index is 1760. The van der Waals surface area contributed by atoms with Gasteiger partial charge < -0.3 is 24.4 Å². The number of aromatic nitrogens is 3. The highest BCUT2D eigenvalue weighted by molar-refractivity contribution is 5.93. The Kier molecular flexibility index (Phi) is 8.43. The van der Waals surface area contributed by atoms with Crippen LogP contribution in [0, 0.1) is 0 Å². The van der Waals surface area contributed by atoms with Crippen molar-refractivity contribution in [3.05, 3.63) is 87.3 Å². The van der Waals surface area contributed by atoms with Gasteiger partial charge in [0.1, 0.15) is 5.56 Å². The predicted octanol–water partition coefficient (Wildman–Crippen LogP) is 4.46. The number of benzene rings is 2. The first-order valence-electron chi connectivity index (χ1n) is 15.3. The standard InChI is InChI=1S/C34H38N6O4/c1-4-44-33(43)29-20-40(27-13-10-22-6-5-7-25(22)18-27)32-28(31(29)42)19-35-34(37-32)36-26-11-8-23(9-12-26)24-14-16-39(17-15-24)30(41)21-38(2)3/h8-13,18-20,24H,4-7,14-17,21H2,1-3H3,(H,35,36,37). The molecule has 0 spiro atoms. The van der Waals surface area contributed by atoms with Crippen molar-refractivity contribution in [2.24, 2.45) is 0 Å². The molecule has 228 valence electrons. The number of piperidine rings is 1. The monoisotopic (exact) mass is 594 g/mol. The summed E-state index contributed by atoms with van der Waals surface area (Å²) in [6.07, 6.45) is 8.05. The molecule has 0 radical (unpaired) electrons. The van der Waals surface area contributed by atoms with Crippen LogP contribution in [-0.2, 0) is 22.4 Å². The van der Waals surface area contributed by atoms with Gasteiger partial charge in [0.2, 0.25) is 17.3 Å². The van der Waals surface area contributed by atoms with Gasteiger partial charge in [0.25, 0.3) is 0 Å². The number of amides is 1. The second-order valence-corrected chi connectivity index (χ2v) is 11.8. The van der Waals surface area contributed by atoms with E-state index in [1.807, 2.05) is 42.1 Å². The van der Waals surface area contributed by atoms with Gasteiger partial charge in [-0.1, -0.05) is 18.2 Å². The summed E-state index contributed by atoms with van der Waals surface area (Å²) in [5.41, 5.74) is 5.39. The van der Waals surface area contributed by atoms with Crippen LogP contribution in [0.25, 0.3) is 16.7 Å². The molecule has 0 saturated carbocycles. The van der Waals surface area contributed by atoms with Crippen LogP contribution in [-0.4, -0.2) is 76.5 Å². The van der Waals surface area contributed by atoms with E-state index in [1.165, 1.54) is 29.1 Å². The fourth-order valence-electron chi connectivity index (χ4n) is 6.23. The van der Waals surface area contributed by atoms with Gasteiger partial charge in [-0.3, -0.25) is 9.59 Å². The molecule has 1 N–H and O–H groups in total. The Balaban J connectivity index is 1.25. The third-order valence-corrected chi connectivity index (χ3v) is 8.54. The van der Waals surface area contributed by atoms with Crippen LogP contribution < -0.4 is 10.7 Å². The molecule has 0 unspecified atom stereocenters. The number of carbonyl (C=O) groups is 2. The fourth-order valence-corrected chi connectivity index (χ4v) is 6.23. The zero-order valence-electron chi connectivity index (χ0n) is 25.5. The second-order valence-electron chi connectivity index (χ2n) is 11.8. The number of rotatable bonds is 8. The number of hydrogen-bond donors (Lipinski definition) is 1. The van der Waals surface area contributed by atoms with Crippen LogP contribution in [0.3, 0.4) is 0 Å². The fraction of sp³-hybridized carbons (Fsp3) is 0.382. The molecule has 2 aromatic carbocycles. The Labute approximate surface area is 256 Å². The van der Waals surface area contributed by atoms with E-state index in [0.29, 0.717) is 24.1 Å². The van der Waals surface area contributed by atoms with Crippen molar-refractivity contribution in [3.63, 3.8) is 0 Å². The zero-order chi connectivity index (χ0) is 30.8. The maximum absolute atomic E-state index is 13.3. The lowest BCUT2D eigenvalue weighted by Gasteiger charge is -2.33. The molecule has 10 nitrogen and oxygen atoms in total. The Hall–Kier alpha value is -4.57. The molecule has 6 rings (SSSR count). The minimum atomic E-state index is -0.664. The number of aryl methyl sites for hydroxylation is 2. The van der Waals surface area contributed by atoms with E-state index in [0.717, 1.165) is 56.6 Å². The lowest BCUT2D eigenvalue weighted by molar-refractivity contribution is -0.132. The van der Waals surface area contributed by atoms with Crippen LogP contribution in [0.15, 0.2) is 59.7 Å². The molecule has 2 aromatic heterocycles. The smallest absolute Gasteiger partial charge is 0.343 e. The van der Waals surface area contributed by atoms with Crippen molar-refractivity contribution < 1.29 is 14.3 Å². The largest absolute Gasteiger partial charge is 0.462 e. The van der Waals surface area contributed by atoms with Crippen molar-refractivity contribution in [3.8, 4) is 5.69 Å². The SMILES string of the molecule is CCOC(=O)c1cn(-c2ccc3c(c2)CCC3)c2nc(Nc3ccc(C4CCN(C(=O)CN(C)C)CC4)cc3)ncc2c1=O. The highest BCUT2D eigenvalue weighted by atomic mass is 16.5. The van der Waals surface area contributed by atoms with E-state index in [9.17, 15) is 14.4 Å². The normalized spacial score (nSPS) is 15.0. The molecule has 10 heteroatoms. The number of nitrogens with zero attached hydrogens (tertiary/aromatic N) is 5. The molecule has 0 atom stereocenters. The molecule has 2 aliphatic rings. The lowest BCUT2D eigenvalue weighted by atomic mass is 9.89. The van der Waals surface area contributed by atoms with E-state index in [1.54, 1.807) is 11.5 Å². The second kappa shape index (κ2) is 12.6. The van der Waals surface area contributed by atoms with Gasteiger partial charge in [0.05, 0.1) is 18.5 Å². The van der Waals surface area contributed by atoms with Gasteiger partial charge in [-0.2, -0.15) is 4.98 Å². The summed E-state index contributed by atoms with van der Waals surface area (Å²) in [4.78, 5) is 51.5. The van der Waals surface area contributed by atoms with Crippen molar-refractivity contribution in [2.45, 2.75) is 44.9 Å². The Morgan fingerprint density at radius 2 is 1.80 bits per heavy atom. The summed E-state index contributed by atoms with van der Waals surface area (Å²) in [7, 11) is 3.83. The summed E-state index contributed by atoms with van der Waals surface area (Å²) in [6, 6.07) is 14.4. The van der Waals surface area contributed by atoms with Gasteiger partial charge in [-0.15, -0.1) is 0 Å². The summed E-state index contributed by atoms with van der Waals surface area (Å²) < 4.78 is 6.97. The first kappa shape index (κ1) is 29.5. The molecular formula is C34H38N6O4. The molecule has 1 aliphatic heterocycles. The van der Waals surface area contributed by atoms with E-state index >= 15 is 0 Å². The summed E-state index contributed by atoms with van der Waals surface area (Å²) >= 11 is 0. The van der Waals surface area contributed by atoms with Gasteiger partial charge >= 0.3 is 5.97 Å². The molecule has 1 fully saturated rings. The number of likely N-dealkylation sites (N-methyl/N-ethyl adjacent to an activating group) is 1. The predicted molar refractivity (Wildman–Crippen MR) is 170 cm³/mol. The van der Waals surface area contributed by atoms with Crippen molar-refractivity contribution in [2.75, 3.05) is 45.7 Å². The van der Waals surface area contributed by atoms with E-state index in [2.05, 4.69) is 34.6 Å². The number of anilines is 2. The molecule has 1 amide bonds. The average molecular weight is 595 g/mol. The Morgan fingerprint density at radius 1 is 1.05 bits per heavy atom. The van der Waals surface area contributed by atoms with Gasteiger partial charge in [0, 0.05) is 36.9 Å². The topological polar surface area (TPSA) is 110 Å². The van der Waals surface area contributed by atoms with Gasteiger partial charge in [-0.25, -0.2) is 9.78 Å². The molecule has 3 heterocycles. The Morgan fingerprint density at radius 3 is 2.52 bits per heavy atom. The first-order valence-corrected chi connectivity index (χ1v) is 15.3. The zero-order valence-corrected chi connectivity index (χ0v) is 25.5. The van der Waals surface area contributed by atoms with E-state index < -0.39 is 11.4 Å². The van der Waals surface area contributed by atoms with E-state index in [-0.39, 0.29) is 23.5 Å². The van der Waals surface area contributed by atoms with Crippen LogP contribution >= 0.6 is 0 Å². The molecule has 4 aromatic rings. The maximum atomic E-state index is 13.3. The first-order chi connectivity index (χ1) is 21.3. The number of hydrogen-bond acceptors (Lipinski definition) is 8. The van der Waals surface area contributed by atoms with Crippen LogP contribution in [0.1, 0.15) is 59.2 Å². The van der Waals surface area contributed by atoms with Gasteiger partial charge in [0.15, 0.2) is 5.65 Å². The maximum Gasteiger partial charge on any atom is 0.343 e. The number of fused-ring (bicyclic) bond motifs is 2. The molecule has 1 aliphatic carbocycles. The number of pyridine rings is 1. The lowest BCUT2D eigenvalue weighted by Crippen LogP contribution is -2.42. The van der Waals surface area contributed by atoms with E-state index in [4.69, 9.17) is 9.72 Å². The summed E-state index contributed by atoms with van der Waals surface area (Å²) in [6.45, 7) is 3.86. The minimum absolute atomic E-state index is 0.0485. The number of ether oxygens (including phenoxy) is 1. The number of carbonyl (C=O) groups excluding carboxylic acids is 2. The number of likely N-dealkylation sites (tertiary alicyclic amines) is 1. The summed E-state index contributed by atoms with van der Waals surface area (Å²) in [5.74, 6) is 0.264. The molecule has 0 bridgehead atoms. The van der Waals surface area contributed by atoms with Gasteiger partial charge in [-0.05, 0) is 100.0 Å². The number of esters is 1. The third-order valence-electron chi connectivity index (χ3n) is 8.54. The summed E-state index contributed by atoms with van der Waals surface area (Å²) in [5, 5.41) is 3.52. The average Bonchev–Trinajstić information content (AvgIpc) is 3.50. The van der Waals surface area contributed by atoms with Crippen molar-refractivity contribution in [1.29, 1.82) is 0 Å². The minimum Gasteiger partial charge on any atom is -0.462 e. The quantitative estimate of drug-likeness (QED) is 0.298. The highest BCUT2D eigenvalue weighted by Gasteiger charge is 2.24.